The maximum Gasteiger partial charge on any atom is 0.244 e. The first-order chi connectivity index (χ1) is 16.9. The molecule has 0 aromatic heterocycles. The van der Waals surface area contributed by atoms with Crippen molar-refractivity contribution in [3.05, 3.63) is 65.2 Å². The largest absolute Gasteiger partial charge is 0.350 e. The van der Waals surface area contributed by atoms with Crippen molar-refractivity contribution >= 4 is 27.5 Å². The minimum Gasteiger partial charge on any atom is -0.350 e. The summed E-state index contributed by atoms with van der Waals surface area (Å²) in [6.07, 6.45) is 1.48. The van der Waals surface area contributed by atoms with Gasteiger partial charge in [-0.15, -0.1) is 0 Å². The second-order valence-corrected chi connectivity index (χ2v) is 13.6. The maximum absolute atomic E-state index is 13.8. The lowest BCUT2D eigenvalue weighted by Crippen LogP contribution is -2.55. The standard InChI is InChI=1S/C29H43N3O4S/c1-10-25(27(34)30-29(6,7)8)31(19-22-14-12-11-13-21(22)2)26(33)20-32(37(9,35)36)24-17-15-23(16-18-24)28(3,4)5/h11-18,25H,10,19-20H2,1-9H3,(H,30,34)/t25-/m1/s1. The minimum absolute atomic E-state index is 0.0939. The molecule has 0 unspecified atom stereocenters. The number of aryl methyl sites for hydroxylation is 1. The number of anilines is 1. The SMILES string of the molecule is CC[C@H](C(=O)NC(C)(C)C)N(Cc1ccccc1C)C(=O)CN(c1ccc(C(C)(C)C)cc1)S(C)(=O)=O. The highest BCUT2D eigenvalue weighted by Gasteiger charge is 2.33. The van der Waals surface area contributed by atoms with Gasteiger partial charge in [-0.25, -0.2) is 8.42 Å². The highest BCUT2D eigenvalue weighted by atomic mass is 32.2. The quantitative estimate of drug-likeness (QED) is 0.506. The predicted octanol–water partition coefficient (Wildman–Crippen LogP) is 4.78. The number of rotatable bonds is 9. The van der Waals surface area contributed by atoms with Crippen molar-refractivity contribution in [1.82, 2.24) is 10.2 Å². The average Bonchev–Trinajstić information content (AvgIpc) is 2.76. The molecule has 2 rings (SSSR count). The summed E-state index contributed by atoms with van der Waals surface area (Å²) in [5, 5.41) is 2.98. The molecule has 2 aromatic carbocycles. The van der Waals surface area contributed by atoms with Crippen LogP contribution in [0.5, 0.6) is 0 Å². The molecule has 0 radical (unpaired) electrons. The second kappa shape index (κ2) is 11.7. The number of hydrogen-bond acceptors (Lipinski definition) is 4. The second-order valence-electron chi connectivity index (χ2n) is 11.7. The highest BCUT2D eigenvalue weighted by Crippen LogP contribution is 2.26. The van der Waals surface area contributed by atoms with E-state index in [2.05, 4.69) is 26.1 Å². The smallest absolute Gasteiger partial charge is 0.244 e. The van der Waals surface area contributed by atoms with Crippen LogP contribution in [0.4, 0.5) is 5.69 Å². The van der Waals surface area contributed by atoms with Crippen LogP contribution in [0, 0.1) is 6.92 Å². The lowest BCUT2D eigenvalue weighted by atomic mass is 9.87. The Bertz CT molecular complexity index is 1190. The third kappa shape index (κ3) is 8.59. The molecule has 0 saturated carbocycles. The van der Waals surface area contributed by atoms with Gasteiger partial charge in [-0.2, -0.15) is 0 Å². The summed E-state index contributed by atoms with van der Waals surface area (Å²) in [7, 11) is -3.77. The summed E-state index contributed by atoms with van der Waals surface area (Å²) in [5.74, 6) is -0.707. The fraction of sp³-hybridized carbons (Fsp3) is 0.517. The molecule has 0 bridgehead atoms. The lowest BCUT2D eigenvalue weighted by molar-refractivity contribution is -0.141. The third-order valence-electron chi connectivity index (χ3n) is 6.19. The van der Waals surface area contributed by atoms with Crippen molar-refractivity contribution in [3.8, 4) is 0 Å². The molecule has 1 N–H and O–H groups in total. The van der Waals surface area contributed by atoms with E-state index in [1.54, 1.807) is 12.1 Å². The van der Waals surface area contributed by atoms with Gasteiger partial charge in [0.1, 0.15) is 12.6 Å². The van der Waals surface area contributed by atoms with Crippen LogP contribution in [0.3, 0.4) is 0 Å². The Hall–Kier alpha value is -2.87. The molecule has 2 aromatic rings. The number of carbonyl (C=O) groups is 2. The fourth-order valence-electron chi connectivity index (χ4n) is 4.08. The third-order valence-corrected chi connectivity index (χ3v) is 7.33. The first kappa shape index (κ1) is 30.4. The first-order valence-corrected chi connectivity index (χ1v) is 14.5. The van der Waals surface area contributed by atoms with Crippen LogP contribution in [0.2, 0.25) is 0 Å². The van der Waals surface area contributed by atoms with Gasteiger partial charge < -0.3 is 10.2 Å². The number of carbonyl (C=O) groups excluding carboxylic acids is 2. The average molecular weight is 530 g/mol. The number of amides is 2. The summed E-state index contributed by atoms with van der Waals surface area (Å²) < 4.78 is 26.8. The number of nitrogens with zero attached hydrogens (tertiary/aromatic N) is 2. The van der Waals surface area contributed by atoms with Crippen molar-refractivity contribution in [2.45, 2.75) is 85.4 Å². The molecule has 0 aliphatic rings. The Morgan fingerprint density at radius 1 is 0.946 bits per heavy atom. The molecule has 0 spiro atoms. The van der Waals surface area contributed by atoms with Crippen LogP contribution in [0.1, 0.15) is 71.6 Å². The zero-order valence-electron chi connectivity index (χ0n) is 23.8. The van der Waals surface area contributed by atoms with E-state index >= 15 is 0 Å². The minimum atomic E-state index is -3.77. The molecule has 37 heavy (non-hydrogen) atoms. The summed E-state index contributed by atoms with van der Waals surface area (Å²) in [6.45, 7) is 15.5. The normalized spacial score (nSPS) is 13.1. The van der Waals surface area contributed by atoms with E-state index in [9.17, 15) is 18.0 Å². The van der Waals surface area contributed by atoms with Gasteiger partial charge in [0.2, 0.25) is 21.8 Å². The van der Waals surface area contributed by atoms with E-state index < -0.39 is 34.1 Å². The van der Waals surface area contributed by atoms with Crippen molar-refractivity contribution < 1.29 is 18.0 Å². The Balaban J connectivity index is 2.48. The van der Waals surface area contributed by atoms with E-state index in [0.717, 1.165) is 27.3 Å². The van der Waals surface area contributed by atoms with Gasteiger partial charge in [0.25, 0.3) is 0 Å². The summed E-state index contributed by atoms with van der Waals surface area (Å²) in [6, 6.07) is 14.1. The van der Waals surface area contributed by atoms with Gasteiger partial charge in [-0.3, -0.25) is 13.9 Å². The summed E-state index contributed by atoms with van der Waals surface area (Å²) in [5.41, 5.74) is 2.79. The van der Waals surface area contributed by atoms with E-state index in [1.807, 2.05) is 71.0 Å². The Morgan fingerprint density at radius 3 is 1.97 bits per heavy atom. The van der Waals surface area contributed by atoms with Gasteiger partial charge in [-0.05, 0) is 68.4 Å². The summed E-state index contributed by atoms with van der Waals surface area (Å²) >= 11 is 0. The Kier molecular flexibility index (Phi) is 9.58. The zero-order chi connectivity index (χ0) is 28.2. The van der Waals surface area contributed by atoms with E-state index in [4.69, 9.17) is 0 Å². The fourth-order valence-corrected chi connectivity index (χ4v) is 4.93. The molecular formula is C29H43N3O4S. The van der Waals surface area contributed by atoms with Gasteiger partial charge >= 0.3 is 0 Å². The Morgan fingerprint density at radius 2 is 1.51 bits per heavy atom. The van der Waals surface area contributed by atoms with Crippen molar-refractivity contribution in [1.29, 1.82) is 0 Å². The number of nitrogens with one attached hydrogen (secondary N) is 1. The number of hydrogen-bond donors (Lipinski definition) is 1. The number of sulfonamides is 1. The van der Waals surface area contributed by atoms with E-state index in [0.29, 0.717) is 12.1 Å². The van der Waals surface area contributed by atoms with Gasteiger partial charge in [-0.1, -0.05) is 64.1 Å². The molecule has 0 aliphatic carbocycles. The molecule has 204 valence electrons. The van der Waals surface area contributed by atoms with Crippen LogP contribution < -0.4 is 9.62 Å². The molecule has 1 atom stereocenters. The van der Waals surface area contributed by atoms with Crippen molar-refractivity contribution in [2.24, 2.45) is 0 Å². The molecule has 0 saturated heterocycles. The zero-order valence-corrected chi connectivity index (χ0v) is 24.6. The van der Waals surface area contributed by atoms with Gasteiger partial charge in [0.15, 0.2) is 0 Å². The summed E-state index contributed by atoms with van der Waals surface area (Å²) in [4.78, 5) is 28.6. The van der Waals surface area contributed by atoms with Gasteiger partial charge in [0.05, 0.1) is 11.9 Å². The maximum atomic E-state index is 13.8. The van der Waals surface area contributed by atoms with E-state index in [1.165, 1.54) is 4.90 Å². The predicted molar refractivity (Wildman–Crippen MR) is 151 cm³/mol. The van der Waals surface area contributed by atoms with Gasteiger partial charge in [0, 0.05) is 12.1 Å². The van der Waals surface area contributed by atoms with Crippen LogP contribution in [-0.2, 0) is 31.6 Å². The molecule has 2 amide bonds. The molecule has 8 heteroatoms. The highest BCUT2D eigenvalue weighted by molar-refractivity contribution is 7.92. The number of benzene rings is 2. The molecule has 0 fully saturated rings. The lowest BCUT2D eigenvalue weighted by Gasteiger charge is -2.35. The van der Waals surface area contributed by atoms with Crippen molar-refractivity contribution in [3.63, 3.8) is 0 Å². The Labute approximate surface area is 223 Å². The van der Waals surface area contributed by atoms with Crippen LogP contribution in [0.15, 0.2) is 48.5 Å². The van der Waals surface area contributed by atoms with Crippen LogP contribution >= 0.6 is 0 Å². The first-order valence-electron chi connectivity index (χ1n) is 12.7. The molecular weight excluding hydrogens is 486 g/mol. The van der Waals surface area contributed by atoms with Crippen LogP contribution in [-0.4, -0.2) is 49.5 Å². The monoisotopic (exact) mass is 529 g/mol. The van der Waals surface area contributed by atoms with Crippen LogP contribution in [0.25, 0.3) is 0 Å². The molecule has 7 nitrogen and oxygen atoms in total. The molecule has 0 aliphatic heterocycles. The topological polar surface area (TPSA) is 86.8 Å². The van der Waals surface area contributed by atoms with E-state index in [-0.39, 0.29) is 17.9 Å². The molecule has 0 heterocycles. The van der Waals surface area contributed by atoms with Crippen molar-refractivity contribution in [2.75, 3.05) is 17.1 Å².